The van der Waals surface area contributed by atoms with Gasteiger partial charge < -0.3 is 14.6 Å². The highest BCUT2D eigenvalue weighted by Gasteiger charge is 2.31. The van der Waals surface area contributed by atoms with Gasteiger partial charge in [0.15, 0.2) is 5.78 Å². The highest BCUT2D eigenvalue weighted by Crippen LogP contribution is 2.25. The molecule has 1 aromatic heterocycles. The van der Waals surface area contributed by atoms with Crippen LogP contribution in [0.2, 0.25) is 0 Å². The minimum Gasteiger partial charge on any atom is -0.459 e. The number of ether oxygens (including phenoxy) is 1. The minimum atomic E-state index is -0.419. The average Bonchev–Trinajstić information content (AvgIpc) is 3.01. The third-order valence-electron chi connectivity index (χ3n) is 5.41. The second-order valence-electron chi connectivity index (χ2n) is 7.88. The van der Waals surface area contributed by atoms with Crippen molar-refractivity contribution in [3.05, 3.63) is 58.4 Å². The lowest BCUT2D eigenvalue weighted by Gasteiger charge is -2.31. The van der Waals surface area contributed by atoms with Gasteiger partial charge in [-0.3, -0.25) is 9.59 Å². The Labute approximate surface area is 171 Å². The van der Waals surface area contributed by atoms with E-state index in [4.69, 9.17) is 4.74 Å². The monoisotopic (exact) mass is 396 g/mol. The number of esters is 1. The summed E-state index contributed by atoms with van der Waals surface area (Å²) in [5.74, 6) is -0.481. The highest BCUT2D eigenvalue weighted by molar-refractivity contribution is 6.01. The van der Waals surface area contributed by atoms with E-state index in [1.165, 1.54) is 0 Å². The Hall–Kier alpha value is -2.89. The molecule has 1 N–H and O–H groups in total. The summed E-state index contributed by atoms with van der Waals surface area (Å²) < 4.78 is 5.30. The van der Waals surface area contributed by atoms with Crippen LogP contribution >= 0.6 is 0 Å². The largest absolute Gasteiger partial charge is 0.459 e. The molecular formula is C23H28N2O4. The van der Waals surface area contributed by atoms with Crippen molar-refractivity contribution in [2.45, 2.75) is 46.6 Å². The van der Waals surface area contributed by atoms with Gasteiger partial charge >= 0.3 is 5.97 Å². The minimum absolute atomic E-state index is 0.0653. The predicted molar refractivity (Wildman–Crippen MR) is 110 cm³/mol. The first-order chi connectivity index (χ1) is 13.8. The van der Waals surface area contributed by atoms with Gasteiger partial charge in [-0.25, -0.2) is 4.79 Å². The molecule has 0 spiro atoms. The second kappa shape index (κ2) is 8.64. The fraction of sp³-hybridized carbons (Fsp3) is 0.435. The number of nitrogens with zero attached hydrogens (tertiary/aromatic N) is 1. The van der Waals surface area contributed by atoms with E-state index >= 15 is 0 Å². The van der Waals surface area contributed by atoms with E-state index in [2.05, 4.69) is 4.98 Å². The third-order valence-corrected chi connectivity index (χ3v) is 5.41. The van der Waals surface area contributed by atoms with E-state index in [0.717, 1.165) is 5.56 Å². The van der Waals surface area contributed by atoms with E-state index in [-0.39, 0.29) is 23.7 Å². The number of Topliss-reactive ketones (excluding diaryl/α,β-unsaturated/α-hetero) is 1. The summed E-state index contributed by atoms with van der Waals surface area (Å²) in [6.45, 7) is 8.16. The van der Waals surface area contributed by atoms with Crippen LogP contribution in [0.3, 0.4) is 0 Å². The Morgan fingerprint density at radius 1 is 1.07 bits per heavy atom. The molecule has 1 amide bonds. The van der Waals surface area contributed by atoms with Gasteiger partial charge in [0.25, 0.3) is 5.91 Å². The van der Waals surface area contributed by atoms with E-state index in [0.29, 0.717) is 48.4 Å². The Balaban J connectivity index is 1.68. The summed E-state index contributed by atoms with van der Waals surface area (Å²) in [6.07, 6.45) is 1.05. The van der Waals surface area contributed by atoms with Crippen molar-refractivity contribution in [2.24, 2.45) is 5.92 Å². The van der Waals surface area contributed by atoms with Gasteiger partial charge in [0.1, 0.15) is 5.69 Å². The summed E-state index contributed by atoms with van der Waals surface area (Å²) in [4.78, 5) is 42.9. The number of aromatic nitrogens is 1. The first-order valence-corrected chi connectivity index (χ1v) is 10.1. The summed E-state index contributed by atoms with van der Waals surface area (Å²) in [6, 6.07) is 9.30. The SMILES string of the molecule is Cc1[nH]c(C(=O)N2CCC(C(=O)c3ccccc3)CC2)c(C)c1C(=O)OC(C)C. The maximum absolute atomic E-state index is 13.0. The number of H-pyrrole nitrogens is 1. The fourth-order valence-corrected chi connectivity index (χ4v) is 3.88. The zero-order chi connectivity index (χ0) is 21.1. The maximum atomic E-state index is 13.0. The number of piperidine rings is 1. The maximum Gasteiger partial charge on any atom is 0.340 e. The van der Waals surface area contributed by atoms with E-state index < -0.39 is 5.97 Å². The first kappa shape index (κ1) is 20.8. The number of nitrogens with one attached hydrogen (secondary N) is 1. The van der Waals surface area contributed by atoms with Gasteiger partial charge in [-0.05, 0) is 46.1 Å². The summed E-state index contributed by atoms with van der Waals surface area (Å²) in [7, 11) is 0. The van der Waals surface area contributed by atoms with Crippen LogP contribution in [0.15, 0.2) is 30.3 Å². The van der Waals surface area contributed by atoms with E-state index in [1.54, 1.807) is 32.6 Å². The number of amides is 1. The Morgan fingerprint density at radius 3 is 2.28 bits per heavy atom. The molecule has 29 heavy (non-hydrogen) atoms. The van der Waals surface area contributed by atoms with Crippen molar-refractivity contribution in [2.75, 3.05) is 13.1 Å². The van der Waals surface area contributed by atoms with Crippen molar-refractivity contribution < 1.29 is 19.1 Å². The van der Waals surface area contributed by atoms with Gasteiger partial charge in [-0.1, -0.05) is 30.3 Å². The number of ketones is 1. The van der Waals surface area contributed by atoms with Gasteiger partial charge in [0.05, 0.1) is 11.7 Å². The third kappa shape index (κ3) is 4.42. The van der Waals surface area contributed by atoms with Gasteiger partial charge in [0.2, 0.25) is 0 Å². The number of carbonyl (C=O) groups is 3. The van der Waals surface area contributed by atoms with Gasteiger partial charge in [0, 0.05) is 30.3 Å². The molecule has 2 aromatic rings. The number of hydrogen-bond acceptors (Lipinski definition) is 4. The number of aryl methyl sites for hydroxylation is 1. The van der Waals surface area contributed by atoms with Gasteiger partial charge in [-0.15, -0.1) is 0 Å². The number of benzene rings is 1. The van der Waals surface area contributed by atoms with Crippen LogP contribution in [0.4, 0.5) is 0 Å². The van der Waals surface area contributed by atoms with Crippen molar-refractivity contribution >= 4 is 17.7 Å². The van der Waals surface area contributed by atoms with Crippen LogP contribution in [-0.4, -0.2) is 46.7 Å². The lowest BCUT2D eigenvalue weighted by atomic mass is 9.89. The standard InChI is InChI=1S/C23H28N2O4/c1-14(2)29-23(28)19-15(3)20(24-16(19)4)22(27)25-12-10-18(11-13-25)21(26)17-8-6-5-7-9-17/h5-9,14,18,24H,10-13H2,1-4H3. The molecule has 154 valence electrons. The van der Waals surface area contributed by atoms with Crippen LogP contribution in [-0.2, 0) is 4.74 Å². The molecule has 0 atom stereocenters. The summed E-state index contributed by atoms with van der Waals surface area (Å²) in [5, 5.41) is 0. The molecule has 6 heteroatoms. The summed E-state index contributed by atoms with van der Waals surface area (Å²) >= 11 is 0. The number of hydrogen-bond donors (Lipinski definition) is 1. The van der Waals surface area contributed by atoms with Crippen molar-refractivity contribution in [3.63, 3.8) is 0 Å². The molecule has 3 rings (SSSR count). The quantitative estimate of drug-likeness (QED) is 0.613. The van der Waals surface area contributed by atoms with Crippen LogP contribution in [0.5, 0.6) is 0 Å². The summed E-state index contributed by atoms with van der Waals surface area (Å²) in [5.41, 5.74) is 2.81. The Kier molecular flexibility index (Phi) is 6.20. The zero-order valence-electron chi connectivity index (χ0n) is 17.5. The van der Waals surface area contributed by atoms with Crippen molar-refractivity contribution in [1.82, 2.24) is 9.88 Å². The van der Waals surface area contributed by atoms with Gasteiger partial charge in [-0.2, -0.15) is 0 Å². The number of carbonyl (C=O) groups excluding carboxylic acids is 3. The number of likely N-dealkylation sites (tertiary alicyclic amines) is 1. The smallest absolute Gasteiger partial charge is 0.340 e. The van der Waals surface area contributed by atoms with Crippen LogP contribution in [0.1, 0.15) is 69.2 Å². The zero-order valence-corrected chi connectivity index (χ0v) is 17.5. The second-order valence-corrected chi connectivity index (χ2v) is 7.88. The Bertz CT molecular complexity index is 906. The first-order valence-electron chi connectivity index (χ1n) is 10.1. The van der Waals surface area contributed by atoms with E-state index in [9.17, 15) is 14.4 Å². The molecule has 0 radical (unpaired) electrons. The van der Waals surface area contributed by atoms with Crippen LogP contribution < -0.4 is 0 Å². The van der Waals surface area contributed by atoms with Crippen LogP contribution in [0, 0.1) is 19.8 Å². The molecule has 0 bridgehead atoms. The molecular weight excluding hydrogens is 368 g/mol. The lowest BCUT2D eigenvalue weighted by Crippen LogP contribution is -2.40. The molecule has 1 saturated heterocycles. The molecule has 1 aromatic carbocycles. The topological polar surface area (TPSA) is 79.5 Å². The Morgan fingerprint density at radius 2 is 1.69 bits per heavy atom. The van der Waals surface area contributed by atoms with Crippen molar-refractivity contribution in [1.29, 1.82) is 0 Å². The molecule has 0 unspecified atom stereocenters. The molecule has 1 aliphatic rings. The molecule has 1 aliphatic heterocycles. The normalized spacial score (nSPS) is 14.9. The fourth-order valence-electron chi connectivity index (χ4n) is 3.88. The number of aromatic amines is 1. The van der Waals surface area contributed by atoms with Crippen LogP contribution in [0.25, 0.3) is 0 Å². The van der Waals surface area contributed by atoms with Crippen molar-refractivity contribution in [3.8, 4) is 0 Å². The predicted octanol–water partition coefficient (Wildman–Crippen LogP) is 3.93. The molecule has 1 fully saturated rings. The molecule has 2 heterocycles. The molecule has 6 nitrogen and oxygen atoms in total. The molecule has 0 saturated carbocycles. The number of rotatable bonds is 5. The highest BCUT2D eigenvalue weighted by atomic mass is 16.5. The van der Waals surface area contributed by atoms with E-state index in [1.807, 2.05) is 30.3 Å². The molecule has 0 aliphatic carbocycles. The lowest BCUT2D eigenvalue weighted by molar-refractivity contribution is 0.0376. The average molecular weight is 396 g/mol.